The second-order valence-corrected chi connectivity index (χ2v) is 8.48. The summed E-state index contributed by atoms with van der Waals surface area (Å²) in [6.07, 6.45) is 3.21. The molecule has 4 aromatic rings. The van der Waals surface area contributed by atoms with Crippen molar-refractivity contribution in [3.05, 3.63) is 42.4 Å². The number of nitrogens with one attached hydrogen (secondary N) is 2. The van der Waals surface area contributed by atoms with Gasteiger partial charge in [-0.3, -0.25) is 10.0 Å². The smallest absolute Gasteiger partial charge is 0.244 e. The van der Waals surface area contributed by atoms with Crippen molar-refractivity contribution in [1.29, 1.82) is 0 Å². The minimum Gasteiger partial charge on any atom is -0.464 e. The minimum absolute atomic E-state index is 0.161. The highest BCUT2D eigenvalue weighted by Crippen LogP contribution is 2.42. The van der Waals surface area contributed by atoms with Gasteiger partial charge in [0.15, 0.2) is 22.1 Å². The number of furan rings is 1. The molecule has 5 N–H and O–H groups in total. The van der Waals surface area contributed by atoms with Gasteiger partial charge in [0.1, 0.15) is 12.1 Å². The van der Waals surface area contributed by atoms with Crippen LogP contribution in [0.25, 0.3) is 22.5 Å². The molecular formula is C21H21N9O3S. The number of carbonyl (C=O) groups excluding carboxylic acids is 1. The largest absolute Gasteiger partial charge is 0.464 e. The standard InChI is InChI=1S/C21H21N9O3S/c22-19-18-20(25-11-24-19)30(6-5-23-4-3-17(31)29-32)21(27-18)34-16-9-14-12(10-26-28-14)8-13(16)15-2-1-7-33-15/h1-2,7-9,11,23,32H,3-6,10H2,(H,29,31)(H2,22,24,25). The fourth-order valence-electron chi connectivity index (χ4n) is 3.62. The summed E-state index contributed by atoms with van der Waals surface area (Å²) in [6, 6.07) is 7.79. The Morgan fingerprint density at radius 3 is 3.03 bits per heavy atom. The number of aromatic nitrogens is 4. The van der Waals surface area contributed by atoms with Gasteiger partial charge in [-0.1, -0.05) is 11.8 Å². The number of hydrogen-bond acceptors (Lipinski definition) is 11. The minimum atomic E-state index is -0.448. The summed E-state index contributed by atoms with van der Waals surface area (Å²) in [4.78, 5) is 25.3. The molecule has 1 aromatic carbocycles. The van der Waals surface area contributed by atoms with E-state index in [2.05, 4.69) is 25.5 Å². The maximum absolute atomic E-state index is 11.2. The summed E-state index contributed by atoms with van der Waals surface area (Å²) in [7, 11) is 0. The Balaban J connectivity index is 1.47. The molecule has 174 valence electrons. The van der Waals surface area contributed by atoms with E-state index in [1.54, 1.807) is 11.7 Å². The van der Waals surface area contributed by atoms with Crippen LogP contribution in [-0.2, 0) is 17.9 Å². The molecule has 0 spiro atoms. The van der Waals surface area contributed by atoms with Crippen LogP contribution >= 0.6 is 11.8 Å². The molecule has 0 aliphatic carbocycles. The van der Waals surface area contributed by atoms with E-state index >= 15 is 0 Å². The Labute approximate surface area is 197 Å². The Morgan fingerprint density at radius 1 is 1.29 bits per heavy atom. The van der Waals surface area contributed by atoms with Crippen LogP contribution in [-0.4, -0.2) is 43.7 Å². The normalized spacial score (nSPS) is 12.4. The molecule has 5 rings (SSSR count). The van der Waals surface area contributed by atoms with Crippen molar-refractivity contribution in [1.82, 2.24) is 30.3 Å². The molecule has 0 atom stereocenters. The Hall–Kier alpha value is -3.81. The van der Waals surface area contributed by atoms with Crippen LogP contribution in [0.3, 0.4) is 0 Å². The summed E-state index contributed by atoms with van der Waals surface area (Å²) in [5.41, 5.74) is 11.6. The van der Waals surface area contributed by atoms with Crippen LogP contribution in [0.1, 0.15) is 12.0 Å². The van der Waals surface area contributed by atoms with Gasteiger partial charge in [-0.05, 0) is 24.3 Å². The number of anilines is 1. The number of carbonyl (C=O) groups is 1. The first-order chi connectivity index (χ1) is 16.6. The fourth-order valence-corrected chi connectivity index (χ4v) is 4.68. The molecule has 0 radical (unpaired) electrons. The molecule has 0 unspecified atom stereocenters. The highest BCUT2D eigenvalue weighted by Gasteiger charge is 2.21. The average molecular weight is 480 g/mol. The van der Waals surface area contributed by atoms with Gasteiger partial charge in [0.25, 0.3) is 0 Å². The van der Waals surface area contributed by atoms with Gasteiger partial charge >= 0.3 is 0 Å². The Kier molecular flexibility index (Phi) is 6.20. The maximum atomic E-state index is 11.2. The van der Waals surface area contributed by atoms with Crippen LogP contribution in [0, 0.1) is 0 Å². The lowest BCUT2D eigenvalue weighted by Gasteiger charge is -2.12. The predicted molar refractivity (Wildman–Crippen MR) is 124 cm³/mol. The molecule has 3 aromatic heterocycles. The SMILES string of the molecule is Nc1ncnc2c1nc(Sc1cc3c(cc1-c1ccco1)CN=N3)n2CCNCCC(=O)NO. The summed E-state index contributed by atoms with van der Waals surface area (Å²) in [5.74, 6) is 0.590. The number of benzene rings is 1. The van der Waals surface area contributed by atoms with Crippen molar-refractivity contribution in [3.63, 3.8) is 0 Å². The van der Waals surface area contributed by atoms with Gasteiger partial charge in [-0.25, -0.2) is 20.4 Å². The van der Waals surface area contributed by atoms with Crippen molar-refractivity contribution in [2.24, 2.45) is 10.2 Å². The van der Waals surface area contributed by atoms with Gasteiger partial charge in [-0.2, -0.15) is 10.2 Å². The van der Waals surface area contributed by atoms with E-state index in [-0.39, 0.29) is 6.42 Å². The third-order valence-electron chi connectivity index (χ3n) is 5.28. The molecule has 1 aliphatic heterocycles. The van der Waals surface area contributed by atoms with Gasteiger partial charge in [0, 0.05) is 42.1 Å². The lowest BCUT2D eigenvalue weighted by molar-refractivity contribution is -0.129. The number of hydrogen-bond donors (Lipinski definition) is 4. The maximum Gasteiger partial charge on any atom is 0.244 e. The summed E-state index contributed by atoms with van der Waals surface area (Å²) < 4.78 is 7.64. The summed E-state index contributed by atoms with van der Waals surface area (Å²) in [6.45, 7) is 2.03. The van der Waals surface area contributed by atoms with Gasteiger partial charge in [0.05, 0.1) is 18.5 Å². The van der Waals surface area contributed by atoms with Crippen LogP contribution < -0.4 is 16.5 Å². The van der Waals surface area contributed by atoms with Gasteiger partial charge < -0.3 is 20.0 Å². The third-order valence-corrected chi connectivity index (χ3v) is 6.33. The van der Waals surface area contributed by atoms with Crippen LogP contribution in [0.15, 0.2) is 61.6 Å². The monoisotopic (exact) mass is 479 g/mol. The van der Waals surface area contributed by atoms with Gasteiger partial charge in [-0.15, -0.1) is 0 Å². The third kappa shape index (κ3) is 4.35. The number of amides is 1. The second-order valence-electron chi connectivity index (χ2n) is 7.47. The van der Waals surface area contributed by atoms with E-state index in [0.29, 0.717) is 48.3 Å². The van der Waals surface area contributed by atoms with E-state index < -0.39 is 5.91 Å². The molecule has 0 bridgehead atoms. The highest BCUT2D eigenvalue weighted by atomic mass is 32.2. The number of nitrogens with zero attached hydrogens (tertiary/aromatic N) is 6. The zero-order chi connectivity index (χ0) is 23.5. The molecule has 0 saturated heterocycles. The second kappa shape index (κ2) is 9.59. The summed E-state index contributed by atoms with van der Waals surface area (Å²) in [5, 5.41) is 20.9. The lowest BCUT2D eigenvalue weighted by atomic mass is 10.1. The topological polar surface area (TPSA) is 169 Å². The molecule has 1 aliphatic rings. The predicted octanol–water partition coefficient (Wildman–Crippen LogP) is 2.90. The van der Waals surface area contributed by atoms with E-state index in [0.717, 1.165) is 27.5 Å². The van der Waals surface area contributed by atoms with Crippen molar-refractivity contribution >= 4 is 40.3 Å². The van der Waals surface area contributed by atoms with E-state index in [1.165, 1.54) is 18.1 Å². The number of fused-ring (bicyclic) bond motifs is 2. The van der Waals surface area contributed by atoms with Crippen molar-refractivity contribution in [3.8, 4) is 11.3 Å². The Morgan fingerprint density at radius 2 is 2.21 bits per heavy atom. The molecule has 1 amide bonds. The highest BCUT2D eigenvalue weighted by molar-refractivity contribution is 7.99. The van der Waals surface area contributed by atoms with E-state index in [4.69, 9.17) is 20.3 Å². The molecule has 4 heterocycles. The summed E-state index contributed by atoms with van der Waals surface area (Å²) >= 11 is 1.45. The van der Waals surface area contributed by atoms with E-state index in [9.17, 15) is 4.79 Å². The Bertz CT molecular complexity index is 1370. The van der Waals surface area contributed by atoms with E-state index in [1.807, 2.05) is 28.8 Å². The number of nitrogen functional groups attached to an aromatic ring is 1. The number of imidazole rings is 1. The molecule has 12 nitrogen and oxygen atoms in total. The molecule has 34 heavy (non-hydrogen) atoms. The lowest BCUT2D eigenvalue weighted by Crippen LogP contribution is -2.27. The molecule has 13 heteroatoms. The zero-order valence-corrected chi connectivity index (χ0v) is 18.7. The number of hydroxylamine groups is 1. The number of nitrogens with two attached hydrogens (primary N) is 1. The van der Waals surface area contributed by atoms with Crippen molar-refractivity contribution < 1.29 is 14.4 Å². The van der Waals surface area contributed by atoms with Crippen molar-refractivity contribution in [2.75, 3.05) is 18.8 Å². The first kappa shape index (κ1) is 22.0. The fraction of sp³-hybridized carbons (Fsp3) is 0.238. The first-order valence-corrected chi connectivity index (χ1v) is 11.3. The van der Waals surface area contributed by atoms with Crippen LogP contribution in [0.5, 0.6) is 0 Å². The molecule has 0 fully saturated rings. The van der Waals surface area contributed by atoms with Crippen LogP contribution in [0.4, 0.5) is 11.5 Å². The molecule has 0 saturated carbocycles. The molecular weight excluding hydrogens is 458 g/mol. The van der Waals surface area contributed by atoms with Crippen molar-refractivity contribution in [2.45, 2.75) is 29.6 Å². The average Bonchev–Trinajstić information content (AvgIpc) is 3.59. The van der Waals surface area contributed by atoms with Gasteiger partial charge in [0.2, 0.25) is 5.91 Å². The quantitative estimate of drug-likeness (QED) is 0.160. The van der Waals surface area contributed by atoms with Crippen LogP contribution in [0.2, 0.25) is 0 Å². The first-order valence-electron chi connectivity index (χ1n) is 10.5. The zero-order valence-electron chi connectivity index (χ0n) is 17.9. The number of rotatable bonds is 9. The number of azo groups is 1.